The minimum absolute atomic E-state index is 0. The van der Waals surface area contributed by atoms with E-state index in [0.29, 0.717) is 11.4 Å². The van der Waals surface area contributed by atoms with Crippen LogP contribution in [0, 0.1) is 6.92 Å². The van der Waals surface area contributed by atoms with Crippen LogP contribution >= 0.6 is 40.7 Å². The van der Waals surface area contributed by atoms with Gasteiger partial charge in [-0.15, -0.1) is 24.8 Å². The summed E-state index contributed by atoms with van der Waals surface area (Å²) < 4.78 is 27.9. The van der Waals surface area contributed by atoms with Crippen LogP contribution in [-0.4, -0.2) is 52.6 Å². The maximum Gasteiger partial charge on any atom is 0.240 e. The molecule has 23 heavy (non-hydrogen) atoms. The van der Waals surface area contributed by atoms with Crippen molar-refractivity contribution in [1.29, 1.82) is 0 Å². The molecular weight excluding hydrogens is 425 g/mol. The minimum Gasteiger partial charge on any atom is -0.314 e. The molecule has 1 heterocycles. The smallest absolute Gasteiger partial charge is 0.240 e. The first-order valence-electron chi connectivity index (χ1n) is 7.17. The van der Waals surface area contributed by atoms with Gasteiger partial charge >= 0.3 is 0 Å². The molecule has 2 N–H and O–H groups in total. The SMILES string of the molecule is Cc1cc(Br)cc(S(=O)(=O)NCCCN2CCNCC2)c1.Cl.Cl. The van der Waals surface area contributed by atoms with Gasteiger partial charge in [-0.3, -0.25) is 0 Å². The van der Waals surface area contributed by atoms with Crippen LogP contribution in [0.3, 0.4) is 0 Å². The lowest BCUT2D eigenvalue weighted by molar-refractivity contribution is 0.239. The predicted octanol–water partition coefficient (Wildman–Crippen LogP) is 2.17. The summed E-state index contributed by atoms with van der Waals surface area (Å²) in [5, 5.41) is 3.30. The average Bonchev–Trinajstić information content (AvgIpc) is 2.44. The van der Waals surface area contributed by atoms with E-state index in [1.807, 2.05) is 13.0 Å². The number of piperazine rings is 1. The molecule has 0 atom stereocenters. The van der Waals surface area contributed by atoms with E-state index in [1.165, 1.54) is 0 Å². The molecule has 1 saturated heterocycles. The molecule has 0 unspecified atom stereocenters. The number of nitrogens with zero attached hydrogens (tertiary/aromatic N) is 1. The maximum absolute atomic E-state index is 12.2. The van der Waals surface area contributed by atoms with Crippen LogP contribution in [0.1, 0.15) is 12.0 Å². The molecule has 5 nitrogen and oxygen atoms in total. The number of aryl methyl sites for hydroxylation is 1. The van der Waals surface area contributed by atoms with Gasteiger partial charge < -0.3 is 10.2 Å². The second-order valence-electron chi connectivity index (χ2n) is 5.31. The molecule has 0 amide bonds. The van der Waals surface area contributed by atoms with Crippen molar-refractivity contribution in [2.45, 2.75) is 18.2 Å². The normalized spacial score (nSPS) is 15.6. The van der Waals surface area contributed by atoms with Gasteiger partial charge in [0, 0.05) is 37.2 Å². The van der Waals surface area contributed by atoms with Crippen molar-refractivity contribution in [3.05, 3.63) is 28.2 Å². The molecule has 0 saturated carbocycles. The first-order chi connectivity index (χ1) is 9.97. The van der Waals surface area contributed by atoms with Gasteiger partial charge in [0.15, 0.2) is 0 Å². The second kappa shape index (κ2) is 10.9. The zero-order chi connectivity index (χ0) is 15.3. The molecular formula is C14H24BrCl2N3O2S. The van der Waals surface area contributed by atoms with E-state index < -0.39 is 10.0 Å². The lowest BCUT2D eigenvalue weighted by Gasteiger charge is -2.27. The molecule has 0 radical (unpaired) electrons. The Hall–Kier alpha value is 0.110. The van der Waals surface area contributed by atoms with Crippen LogP contribution in [0.4, 0.5) is 0 Å². The summed E-state index contributed by atoms with van der Waals surface area (Å²) in [4.78, 5) is 2.67. The number of rotatable bonds is 6. The monoisotopic (exact) mass is 447 g/mol. The highest BCUT2D eigenvalue weighted by Crippen LogP contribution is 2.18. The van der Waals surface area contributed by atoms with Crippen LogP contribution in [0.25, 0.3) is 0 Å². The van der Waals surface area contributed by atoms with Crippen molar-refractivity contribution < 1.29 is 8.42 Å². The summed E-state index contributed by atoms with van der Waals surface area (Å²) in [6.45, 7) is 7.40. The largest absolute Gasteiger partial charge is 0.314 e. The summed E-state index contributed by atoms with van der Waals surface area (Å²) in [6.07, 6.45) is 0.826. The molecule has 0 bridgehead atoms. The fraction of sp³-hybridized carbons (Fsp3) is 0.571. The topological polar surface area (TPSA) is 61.4 Å². The Bertz CT molecular complexity index is 561. The third-order valence-electron chi connectivity index (χ3n) is 3.48. The van der Waals surface area contributed by atoms with Crippen molar-refractivity contribution in [3.8, 4) is 0 Å². The molecule has 2 rings (SSSR count). The third kappa shape index (κ3) is 7.69. The van der Waals surface area contributed by atoms with E-state index in [1.54, 1.807) is 12.1 Å². The quantitative estimate of drug-likeness (QED) is 0.654. The number of nitrogens with one attached hydrogen (secondary N) is 2. The van der Waals surface area contributed by atoms with Gasteiger partial charge in [-0.1, -0.05) is 15.9 Å². The lowest BCUT2D eigenvalue weighted by Crippen LogP contribution is -2.44. The lowest BCUT2D eigenvalue weighted by atomic mass is 10.2. The van der Waals surface area contributed by atoms with E-state index in [9.17, 15) is 8.42 Å². The van der Waals surface area contributed by atoms with Gasteiger partial charge in [0.1, 0.15) is 0 Å². The van der Waals surface area contributed by atoms with Crippen LogP contribution in [0.5, 0.6) is 0 Å². The highest BCUT2D eigenvalue weighted by molar-refractivity contribution is 9.10. The Labute approximate surface area is 159 Å². The highest BCUT2D eigenvalue weighted by atomic mass is 79.9. The fourth-order valence-corrected chi connectivity index (χ4v) is 4.35. The van der Waals surface area contributed by atoms with Crippen LogP contribution in [0.15, 0.2) is 27.6 Å². The standard InChI is InChI=1S/C14H22BrN3O2S.2ClH/c1-12-9-13(15)11-14(10-12)21(19,20)17-3-2-6-18-7-4-16-5-8-18;;/h9-11,16-17H,2-8H2,1H3;2*1H. The van der Waals surface area contributed by atoms with Crippen molar-refractivity contribution in [2.75, 3.05) is 39.3 Å². The van der Waals surface area contributed by atoms with E-state index in [4.69, 9.17) is 0 Å². The molecule has 134 valence electrons. The van der Waals surface area contributed by atoms with Crippen LogP contribution in [0.2, 0.25) is 0 Å². The molecule has 9 heteroatoms. The van der Waals surface area contributed by atoms with Gasteiger partial charge in [0.2, 0.25) is 10.0 Å². The molecule has 1 fully saturated rings. The Balaban J connectivity index is 0.00000242. The number of halogens is 3. The minimum atomic E-state index is -3.42. The molecule has 1 aliphatic rings. The van der Waals surface area contributed by atoms with Crippen LogP contribution < -0.4 is 10.0 Å². The highest BCUT2D eigenvalue weighted by Gasteiger charge is 2.15. The Morgan fingerprint density at radius 1 is 1.22 bits per heavy atom. The first kappa shape index (κ1) is 23.1. The summed E-state index contributed by atoms with van der Waals surface area (Å²) in [5.74, 6) is 0. The zero-order valence-electron chi connectivity index (χ0n) is 13.0. The van der Waals surface area contributed by atoms with E-state index in [0.717, 1.165) is 49.2 Å². The molecule has 1 aromatic carbocycles. The van der Waals surface area contributed by atoms with E-state index >= 15 is 0 Å². The zero-order valence-corrected chi connectivity index (χ0v) is 17.1. The number of benzene rings is 1. The van der Waals surface area contributed by atoms with Crippen molar-refractivity contribution in [2.24, 2.45) is 0 Å². The molecule has 0 aromatic heterocycles. The van der Waals surface area contributed by atoms with Gasteiger partial charge in [0.05, 0.1) is 4.90 Å². The number of hydrogen-bond acceptors (Lipinski definition) is 4. The van der Waals surface area contributed by atoms with Crippen molar-refractivity contribution in [1.82, 2.24) is 14.9 Å². The molecule has 0 spiro atoms. The Morgan fingerprint density at radius 2 is 1.87 bits per heavy atom. The van der Waals surface area contributed by atoms with Gasteiger partial charge in [-0.2, -0.15) is 0 Å². The predicted molar refractivity (Wildman–Crippen MR) is 102 cm³/mol. The van der Waals surface area contributed by atoms with Gasteiger partial charge in [-0.05, 0) is 43.7 Å². The second-order valence-corrected chi connectivity index (χ2v) is 7.99. The van der Waals surface area contributed by atoms with Gasteiger partial charge in [0.25, 0.3) is 0 Å². The first-order valence-corrected chi connectivity index (χ1v) is 9.45. The Morgan fingerprint density at radius 3 is 2.48 bits per heavy atom. The molecule has 1 aromatic rings. The summed E-state index contributed by atoms with van der Waals surface area (Å²) in [6, 6.07) is 5.21. The van der Waals surface area contributed by atoms with E-state index in [2.05, 4.69) is 30.9 Å². The maximum atomic E-state index is 12.2. The third-order valence-corrected chi connectivity index (χ3v) is 5.38. The average molecular weight is 449 g/mol. The Kier molecular flexibility index (Phi) is 10.9. The summed E-state index contributed by atoms with van der Waals surface area (Å²) in [5.41, 5.74) is 0.922. The summed E-state index contributed by atoms with van der Waals surface area (Å²) >= 11 is 3.33. The summed E-state index contributed by atoms with van der Waals surface area (Å²) in [7, 11) is -3.42. The van der Waals surface area contributed by atoms with E-state index in [-0.39, 0.29) is 24.8 Å². The molecule has 1 aliphatic heterocycles. The van der Waals surface area contributed by atoms with Crippen molar-refractivity contribution >= 4 is 50.8 Å². The molecule has 0 aliphatic carbocycles. The fourth-order valence-electron chi connectivity index (χ4n) is 2.39. The van der Waals surface area contributed by atoms with Gasteiger partial charge in [-0.25, -0.2) is 13.1 Å². The number of hydrogen-bond donors (Lipinski definition) is 2. The van der Waals surface area contributed by atoms with Crippen molar-refractivity contribution in [3.63, 3.8) is 0 Å². The number of sulfonamides is 1. The van der Waals surface area contributed by atoms with Crippen LogP contribution in [-0.2, 0) is 10.0 Å².